The average Bonchev–Trinajstić information content (AvgIpc) is 2.97. The predicted molar refractivity (Wildman–Crippen MR) is 160 cm³/mol. The molecule has 1 saturated heterocycles. The first-order chi connectivity index (χ1) is 20.3. The molecule has 3 aliphatic heterocycles. The molecule has 2 unspecified atom stereocenters. The van der Waals surface area contributed by atoms with Gasteiger partial charge in [0, 0.05) is 42.7 Å². The van der Waals surface area contributed by atoms with Crippen LogP contribution in [0.25, 0.3) is 0 Å². The van der Waals surface area contributed by atoms with Crippen molar-refractivity contribution in [3.63, 3.8) is 0 Å². The van der Waals surface area contributed by atoms with Gasteiger partial charge in [-0.15, -0.1) is 0 Å². The Morgan fingerprint density at radius 3 is 2.47 bits per heavy atom. The summed E-state index contributed by atoms with van der Waals surface area (Å²) in [6.45, 7) is 7.51. The lowest BCUT2D eigenvalue weighted by Crippen LogP contribution is -2.63. The molecule has 0 spiro atoms. The lowest BCUT2D eigenvalue weighted by molar-refractivity contribution is -0.140. The first kappa shape index (κ1) is 30.3. The van der Waals surface area contributed by atoms with E-state index < -0.39 is 41.3 Å². The van der Waals surface area contributed by atoms with Gasteiger partial charge in [0.1, 0.15) is 23.2 Å². The van der Waals surface area contributed by atoms with E-state index in [9.17, 15) is 19.5 Å². The molecular formula is C32H41N5O6. The van der Waals surface area contributed by atoms with Crippen molar-refractivity contribution in [1.82, 2.24) is 20.4 Å². The molecular weight excluding hydrogens is 550 g/mol. The SMILES string of the molecule is CCC1(CC)CC(=O)N(C2CC(C(=O)N(C)C)Oc3ccc(C(=O)N[C@@H]4c5ccccc5OC(C)(C)[C@H]4O)cc32)C(=N)N1. The molecule has 4 N–H and O–H groups in total. The molecule has 0 aliphatic carbocycles. The summed E-state index contributed by atoms with van der Waals surface area (Å²) < 4.78 is 12.1. The molecule has 11 nitrogen and oxygen atoms in total. The number of fused-ring (bicyclic) bond motifs is 2. The number of amides is 3. The second-order valence-electron chi connectivity index (χ2n) is 12.4. The summed E-state index contributed by atoms with van der Waals surface area (Å²) in [5.41, 5.74) is 0.0424. The van der Waals surface area contributed by atoms with Crippen LogP contribution in [0.2, 0.25) is 0 Å². The van der Waals surface area contributed by atoms with Crippen LogP contribution in [0.3, 0.4) is 0 Å². The minimum atomic E-state index is -1.02. The molecule has 3 heterocycles. The first-order valence-electron chi connectivity index (χ1n) is 14.8. The minimum absolute atomic E-state index is 0.0344. The zero-order valence-electron chi connectivity index (χ0n) is 25.6. The van der Waals surface area contributed by atoms with Crippen molar-refractivity contribution in [3.05, 3.63) is 59.2 Å². The topological polar surface area (TPSA) is 144 Å². The Hall–Kier alpha value is -4.12. The lowest BCUT2D eigenvalue weighted by Gasteiger charge is -2.46. The third kappa shape index (κ3) is 5.42. The molecule has 2 aromatic rings. The highest BCUT2D eigenvalue weighted by atomic mass is 16.5. The number of guanidine groups is 1. The van der Waals surface area contributed by atoms with Gasteiger partial charge in [-0.2, -0.15) is 0 Å². The maximum Gasteiger partial charge on any atom is 0.263 e. The molecule has 2 aromatic carbocycles. The number of likely N-dealkylation sites (N-methyl/N-ethyl adjacent to an activating group) is 1. The molecule has 43 heavy (non-hydrogen) atoms. The number of hydrogen-bond donors (Lipinski definition) is 4. The average molecular weight is 592 g/mol. The molecule has 0 radical (unpaired) electrons. The molecule has 4 atom stereocenters. The highest BCUT2D eigenvalue weighted by molar-refractivity contribution is 6.00. The van der Waals surface area contributed by atoms with Crippen molar-refractivity contribution in [2.75, 3.05) is 14.1 Å². The number of benzene rings is 2. The third-order valence-electron chi connectivity index (χ3n) is 9.04. The van der Waals surface area contributed by atoms with E-state index in [-0.39, 0.29) is 30.6 Å². The quantitative estimate of drug-likeness (QED) is 0.404. The van der Waals surface area contributed by atoms with E-state index in [2.05, 4.69) is 10.6 Å². The van der Waals surface area contributed by atoms with Crippen LogP contribution in [0.1, 0.15) is 86.9 Å². The number of aliphatic hydroxyl groups excluding tert-OH is 1. The van der Waals surface area contributed by atoms with Gasteiger partial charge in [-0.25, -0.2) is 0 Å². The fourth-order valence-corrected chi connectivity index (χ4v) is 6.26. The number of ether oxygens (including phenoxy) is 2. The Bertz CT molecular complexity index is 1430. The number of carbonyl (C=O) groups is 3. The van der Waals surface area contributed by atoms with Crippen molar-refractivity contribution in [3.8, 4) is 11.5 Å². The molecule has 0 saturated carbocycles. The van der Waals surface area contributed by atoms with E-state index in [1.165, 1.54) is 9.80 Å². The summed E-state index contributed by atoms with van der Waals surface area (Å²) in [6, 6.07) is 10.7. The van der Waals surface area contributed by atoms with Crippen molar-refractivity contribution in [1.29, 1.82) is 5.41 Å². The Kier molecular flexibility index (Phi) is 7.89. The van der Waals surface area contributed by atoms with Gasteiger partial charge in [-0.3, -0.25) is 24.7 Å². The first-order valence-corrected chi connectivity index (χ1v) is 14.8. The van der Waals surface area contributed by atoms with E-state index in [4.69, 9.17) is 14.9 Å². The van der Waals surface area contributed by atoms with Gasteiger partial charge in [0.05, 0.1) is 18.5 Å². The monoisotopic (exact) mass is 591 g/mol. The van der Waals surface area contributed by atoms with Gasteiger partial charge < -0.3 is 30.1 Å². The largest absolute Gasteiger partial charge is 0.485 e. The van der Waals surface area contributed by atoms with Crippen LogP contribution in [0.4, 0.5) is 0 Å². The van der Waals surface area contributed by atoms with Crippen molar-refractivity contribution < 1.29 is 29.0 Å². The summed E-state index contributed by atoms with van der Waals surface area (Å²) >= 11 is 0. The van der Waals surface area contributed by atoms with E-state index in [0.717, 1.165) is 0 Å². The Morgan fingerprint density at radius 2 is 1.81 bits per heavy atom. The molecule has 230 valence electrons. The van der Waals surface area contributed by atoms with Crippen LogP contribution >= 0.6 is 0 Å². The van der Waals surface area contributed by atoms with E-state index in [0.29, 0.717) is 41.0 Å². The number of nitrogens with zero attached hydrogens (tertiary/aromatic N) is 2. The fourth-order valence-electron chi connectivity index (χ4n) is 6.26. The lowest BCUT2D eigenvalue weighted by atomic mass is 9.85. The van der Waals surface area contributed by atoms with Gasteiger partial charge in [0.25, 0.3) is 11.8 Å². The van der Waals surface area contributed by atoms with E-state index in [1.807, 2.05) is 32.0 Å². The molecule has 11 heteroatoms. The standard InChI is InChI=1S/C32H41N5O6/c1-7-32(8-2)17-25(38)37(30(33)35-32)21-16-24(29(41)36(5)6)42-22-14-13-18(15-20(21)22)28(40)34-26-19-11-9-10-12-23(19)43-31(3,4)27(26)39/h9-15,21,24,26-27,39H,7-8,16-17H2,1-6H3,(H2,33,35)(H,34,40)/t21?,24?,26-,27+/m1/s1. The molecule has 3 amide bonds. The van der Waals surface area contributed by atoms with Crippen LogP contribution in [0, 0.1) is 5.41 Å². The summed E-state index contributed by atoms with van der Waals surface area (Å²) in [4.78, 5) is 43.2. The highest BCUT2D eigenvalue weighted by Crippen LogP contribution is 2.43. The Morgan fingerprint density at radius 1 is 1.12 bits per heavy atom. The number of aliphatic hydroxyl groups is 1. The number of rotatable bonds is 6. The van der Waals surface area contributed by atoms with Crippen molar-refractivity contribution in [2.45, 2.75) is 88.8 Å². The second-order valence-corrected chi connectivity index (χ2v) is 12.4. The molecule has 1 fully saturated rings. The van der Waals surface area contributed by atoms with Crippen LogP contribution in [0.15, 0.2) is 42.5 Å². The van der Waals surface area contributed by atoms with Gasteiger partial charge in [0.15, 0.2) is 12.1 Å². The normalized spacial score (nSPS) is 25.3. The fraction of sp³-hybridized carbons (Fsp3) is 0.500. The van der Waals surface area contributed by atoms with Gasteiger partial charge in [-0.1, -0.05) is 32.0 Å². The Labute approximate surface area is 252 Å². The number of carbonyl (C=O) groups excluding carboxylic acids is 3. The molecule has 5 rings (SSSR count). The third-order valence-corrected chi connectivity index (χ3v) is 9.04. The zero-order chi connectivity index (χ0) is 31.3. The van der Waals surface area contributed by atoms with Crippen molar-refractivity contribution >= 4 is 23.7 Å². The maximum absolute atomic E-state index is 13.7. The second kappa shape index (κ2) is 11.2. The van der Waals surface area contributed by atoms with Gasteiger partial charge >= 0.3 is 0 Å². The highest BCUT2D eigenvalue weighted by Gasteiger charge is 2.47. The smallest absolute Gasteiger partial charge is 0.263 e. The number of nitrogens with one attached hydrogen (secondary N) is 3. The minimum Gasteiger partial charge on any atom is -0.485 e. The summed E-state index contributed by atoms with van der Waals surface area (Å²) in [7, 11) is 3.28. The van der Waals surface area contributed by atoms with Crippen molar-refractivity contribution in [2.24, 2.45) is 0 Å². The van der Waals surface area contributed by atoms with Crippen LogP contribution in [0.5, 0.6) is 11.5 Å². The molecule has 0 bridgehead atoms. The summed E-state index contributed by atoms with van der Waals surface area (Å²) in [6.07, 6.45) is -0.199. The molecule has 0 aromatic heterocycles. The zero-order valence-corrected chi connectivity index (χ0v) is 25.6. The van der Waals surface area contributed by atoms with Crippen LogP contribution < -0.4 is 20.1 Å². The number of hydrogen-bond acceptors (Lipinski definition) is 7. The predicted octanol–water partition coefficient (Wildman–Crippen LogP) is 3.29. The molecule has 3 aliphatic rings. The van der Waals surface area contributed by atoms with E-state index >= 15 is 0 Å². The summed E-state index contributed by atoms with van der Waals surface area (Å²) in [5.74, 6) is 0.0112. The summed E-state index contributed by atoms with van der Waals surface area (Å²) in [5, 5.41) is 26.2. The van der Waals surface area contributed by atoms with Gasteiger partial charge in [-0.05, 0) is 51.0 Å². The van der Waals surface area contributed by atoms with Gasteiger partial charge in [0.2, 0.25) is 5.91 Å². The Balaban J connectivity index is 1.50. The van der Waals surface area contributed by atoms with E-state index in [1.54, 1.807) is 52.2 Å². The maximum atomic E-state index is 13.7. The number of para-hydroxylation sites is 1. The van der Waals surface area contributed by atoms with Crippen LogP contribution in [-0.2, 0) is 9.59 Å². The van der Waals surface area contributed by atoms with Crippen LogP contribution in [-0.4, -0.2) is 76.0 Å².